The molecule has 0 saturated carbocycles. The van der Waals surface area contributed by atoms with Crippen LogP contribution in [-0.4, -0.2) is 49.4 Å². The van der Waals surface area contributed by atoms with Crippen molar-refractivity contribution in [1.82, 2.24) is 24.8 Å². The maximum atomic E-state index is 12.8. The van der Waals surface area contributed by atoms with Crippen LogP contribution < -0.4 is 11.1 Å². The molecule has 38 heavy (non-hydrogen) atoms. The molecule has 1 aromatic carbocycles. The second-order valence-electron chi connectivity index (χ2n) is 10.9. The lowest BCUT2D eigenvalue weighted by Gasteiger charge is -2.34. The minimum Gasteiger partial charge on any atom is -0.374 e. The highest BCUT2D eigenvalue weighted by molar-refractivity contribution is 5.98. The van der Waals surface area contributed by atoms with Crippen LogP contribution in [0.4, 0.5) is 0 Å². The van der Waals surface area contributed by atoms with Gasteiger partial charge in [0.05, 0.1) is 25.3 Å². The lowest BCUT2D eigenvalue weighted by Crippen LogP contribution is -2.51. The number of hydrogen-bond acceptors (Lipinski definition) is 7. The Morgan fingerprint density at radius 2 is 1.74 bits per heavy atom. The zero-order valence-electron chi connectivity index (χ0n) is 21.7. The van der Waals surface area contributed by atoms with Crippen molar-refractivity contribution in [1.29, 1.82) is 0 Å². The SMILES string of the molecule is C.CC1(C)CC(=O)N(Cc2cccc3nnc([C@@H](COCc4ccccc4)NC(=O)C(C)(C)N)n23)C(=O)C1. The van der Waals surface area contributed by atoms with Crippen molar-refractivity contribution in [3.05, 3.63) is 65.6 Å². The zero-order valence-corrected chi connectivity index (χ0v) is 21.7. The van der Waals surface area contributed by atoms with Gasteiger partial charge in [0.25, 0.3) is 0 Å². The number of rotatable bonds is 9. The van der Waals surface area contributed by atoms with Crippen molar-refractivity contribution in [3.8, 4) is 0 Å². The molecular weight excluding hydrogens is 484 g/mol. The van der Waals surface area contributed by atoms with Crippen LogP contribution in [0.15, 0.2) is 48.5 Å². The number of benzene rings is 1. The van der Waals surface area contributed by atoms with Gasteiger partial charge in [-0.3, -0.25) is 23.7 Å². The van der Waals surface area contributed by atoms with Gasteiger partial charge in [-0.25, -0.2) is 0 Å². The number of hydrogen-bond donors (Lipinski definition) is 2. The minimum atomic E-state index is -1.12. The summed E-state index contributed by atoms with van der Waals surface area (Å²) in [6, 6.07) is 14.4. The third-order valence-electron chi connectivity index (χ3n) is 6.31. The Hall–Kier alpha value is -3.63. The van der Waals surface area contributed by atoms with Crippen molar-refractivity contribution < 1.29 is 19.1 Å². The van der Waals surface area contributed by atoms with Crippen molar-refractivity contribution in [3.63, 3.8) is 0 Å². The molecule has 10 heteroatoms. The number of imide groups is 1. The molecule has 1 atom stereocenters. The predicted octanol–water partition coefficient (Wildman–Crippen LogP) is 3.15. The van der Waals surface area contributed by atoms with Crippen LogP contribution in [-0.2, 0) is 32.3 Å². The maximum absolute atomic E-state index is 12.8. The van der Waals surface area contributed by atoms with Crippen LogP contribution in [0.2, 0.25) is 0 Å². The number of carbonyl (C=O) groups is 3. The van der Waals surface area contributed by atoms with E-state index in [0.29, 0.717) is 36.6 Å². The molecule has 10 nitrogen and oxygen atoms in total. The molecule has 0 unspecified atom stereocenters. The van der Waals surface area contributed by atoms with Crippen LogP contribution >= 0.6 is 0 Å². The van der Waals surface area contributed by atoms with Crippen LogP contribution in [0.1, 0.15) is 71.1 Å². The average Bonchev–Trinajstić information content (AvgIpc) is 3.25. The summed E-state index contributed by atoms with van der Waals surface area (Å²) in [5, 5.41) is 11.6. The second-order valence-corrected chi connectivity index (χ2v) is 10.9. The molecule has 204 valence electrons. The Morgan fingerprint density at radius 3 is 2.37 bits per heavy atom. The summed E-state index contributed by atoms with van der Waals surface area (Å²) in [6.07, 6.45) is 0.586. The number of ether oxygens (including phenoxy) is 1. The molecule has 1 saturated heterocycles. The predicted molar refractivity (Wildman–Crippen MR) is 144 cm³/mol. The van der Waals surface area contributed by atoms with Gasteiger partial charge in [-0.15, -0.1) is 10.2 Å². The Labute approximate surface area is 223 Å². The number of carbonyl (C=O) groups excluding carboxylic acids is 3. The van der Waals surface area contributed by atoms with Gasteiger partial charge in [0.15, 0.2) is 11.5 Å². The third-order valence-corrected chi connectivity index (χ3v) is 6.31. The average molecular weight is 523 g/mol. The molecule has 0 bridgehead atoms. The summed E-state index contributed by atoms with van der Waals surface area (Å²) < 4.78 is 7.72. The summed E-state index contributed by atoms with van der Waals surface area (Å²) in [6.45, 7) is 7.60. The summed E-state index contributed by atoms with van der Waals surface area (Å²) >= 11 is 0. The number of nitrogens with two attached hydrogens (primary N) is 1. The van der Waals surface area contributed by atoms with Gasteiger partial charge >= 0.3 is 0 Å². The first kappa shape index (κ1) is 28.9. The normalized spacial score (nSPS) is 16.3. The lowest BCUT2D eigenvalue weighted by atomic mass is 9.82. The van der Waals surface area contributed by atoms with E-state index in [1.54, 1.807) is 30.4 Å². The number of nitrogens with one attached hydrogen (secondary N) is 1. The number of piperidine rings is 1. The van der Waals surface area contributed by atoms with Gasteiger partial charge in [0.1, 0.15) is 6.04 Å². The standard InChI is InChI=1S/C27H34N6O4.CH4/c1-26(2)13-22(34)32(23(35)14-26)15-19-11-8-12-21-30-31-24(33(19)21)20(29-25(36)27(3,4)28)17-37-16-18-9-6-5-7-10-18;/h5-12,20H,13-17,28H2,1-4H3,(H,29,36);1H4/t20-;/m1./s1. The van der Waals surface area contributed by atoms with Crippen molar-refractivity contribution >= 4 is 23.4 Å². The molecule has 1 aliphatic heterocycles. The second kappa shape index (κ2) is 11.4. The summed E-state index contributed by atoms with van der Waals surface area (Å²) in [4.78, 5) is 39.8. The highest BCUT2D eigenvalue weighted by atomic mass is 16.5. The number of amides is 3. The number of likely N-dealkylation sites (tertiary alicyclic amines) is 1. The fraction of sp³-hybridized carbons (Fsp3) is 0.464. The quantitative estimate of drug-likeness (QED) is 0.413. The third kappa shape index (κ3) is 6.62. The first-order valence-electron chi connectivity index (χ1n) is 12.3. The molecule has 1 aliphatic rings. The van der Waals surface area contributed by atoms with E-state index in [0.717, 1.165) is 5.56 Å². The molecule has 4 rings (SSSR count). The first-order valence-corrected chi connectivity index (χ1v) is 12.3. The molecule has 0 aliphatic carbocycles. The largest absolute Gasteiger partial charge is 0.374 e. The zero-order chi connectivity index (χ0) is 26.8. The highest BCUT2D eigenvalue weighted by Crippen LogP contribution is 2.32. The smallest absolute Gasteiger partial charge is 0.240 e. The van der Waals surface area contributed by atoms with Crippen molar-refractivity contribution in [2.45, 2.75) is 72.7 Å². The van der Waals surface area contributed by atoms with E-state index in [-0.39, 0.29) is 43.7 Å². The fourth-order valence-corrected chi connectivity index (χ4v) is 4.32. The van der Waals surface area contributed by atoms with E-state index < -0.39 is 11.6 Å². The summed E-state index contributed by atoms with van der Waals surface area (Å²) in [5.74, 6) is -0.380. The van der Waals surface area contributed by atoms with Gasteiger partial charge < -0.3 is 15.8 Å². The molecule has 3 heterocycles. The van der Waals surface area contributed by atoms with E-state index in [9.17, 15) is 14.4 Å². The van der Waals surface area contributed by atoms with Crippen molar-refractivity contribution in [2.24, 2.45) is 11.1 Å². The van der Waals surface area contributed by atoms with E-state index in [4.69, 9.17) is 10.5 Å². The fourth-order valence-electron chi connectivity index (χ4n) is 4.32. The molecule has 0 spiro atoms. The maximum Gasteiger partial charge on any atom is 0.240 e. The highest BCUT2D eigenvalue weighted by Gasteiger charge is 2.38. The molecule has 3 amide bonds. The summed E-state index contributed by atoms with van der Waals surface area (Å²) in [7, 11) is 0. The number of nitrogens with zero attached hydrogens (tertiary/aromatic N) is 4. The van der Waals surface area contributed by atoms with Crippen LogP contribution in [0, 0.1) is 5.41 Å². The van der Waals surface area contributed by atoms with Gasteiger partial charge in [-0.05, 0) is 37.0 Å². The summed E-state index contributed by atoms with van der Waals surface area (Å²) in [5.41, 5.74) is 6.72. The number of aromatic nitrogens is 3. The van der Waals surface area contributed by atoms with Gasteiger partial charge in [0, 0.05) is 18.5 Å². The van der Waals surface area contributed by atoms with Gasteiger partial charge in [-0.2, -0.15) is 0 Å². The van der Waals surface area contributed by atoms with E-state index in [1.165, 1.54) is 4.90 Å². The molecule has 2 aromatic heterocycles. The Bertz CT molecular complexity index is 1280. The Morgan fingerprint density at radius 1 is 1.08 bits per heavy atom. The van der Waals surface area contributed by atoms with Crippen LogP contribution in [0.5, 0.6) is 0 Å². The van der Waals surface area contributed by atoms with Gasteiger partial charge in [0.2, 0.25) is 17.7 Å². The number of pyridine rings is 1. The van der Waals surface area contributed by atoms with Crippen LogP contribution in [0.25, 0.3) is 5.65 Å². The Balaban J connectivity index is 0.00000400. The topological polar surface area (TPSA) is 132 Å². The molecule has 3 N–H and O–H groups in total. The molecule has 3 aromatic rings. The lowest BCUT2D eigenvalue weighted by molar-refractivity contribution is -0.153. The molecular formula is C28H38N6O4. The Kier molecular flexibility index (Phi) is 8.68. The van der Waals surface area contributed by atoms with Gasteiger partial charge in [-0.1, -0.05) is 57.7 Å². The monoisotopic (exact) mass is 522 g/mol. The van der Waals surface area contributed by atoms with E-state index >= 15 is 0 Å². The van der Waals surface area contributed by atoms with Crippen LogP contribution in [0.3, 0.4) is 0 Å². The van der Waals surface area contributed by atoms with Crippen molar-refractivity contribution in [2.75, 3.05) is 6.61 Å². The first-order chi connectivity index (χ1) is 17.4. The minimum absolute atomic E-state index is 0. The molecule has 1 fully saturated rings. The van der Waals surface area contributed by atoms with E-state index in [1.807, 2.05) is 50.2 Å². The van der Waals surface area contributed by atoms with E-state index in [2.05, 4.69) is 15.5 Å². The molecule has 0 radical (unpaired) electrons. The number of fused-ring (bicyclic) bond motifs is 1.